The van der Waals surface area contributed by atoms with Crippen molar-refractivity contribution in [2.45, 2.75) is 39.7 Å². The first-order valence-electron chi connectivity index (χ1n) is 10.1. The molecule has 1 heterocycles. The molecule has 4 rings (SSSR count). The molecule has 5 nitrogen and oxygen atoms in total. The Balaban J connectivity index is 1.51. The number of aryl methyl sites for hydroxylation is 2. The second kappa shape index (κ2) is 8.53. The lowest BCUT2D eigenvalue weighted by atomic mass is 9.93. The van der Waals surface area contributed by atoms with Crippen LogP contribution in [0, 0.1) is 19.7 Å². The summed E-state index contributed by atoms with van der Waals surface area (Å²) in [5.74, 6) is 0.607. The van der Waals surface area contributed by atoms with Crippen LogP contribution in [0.1, 0.15) is 51.4 Å². The predicted molar refractivity (Wildman–Crippen MR) is 115 cm³/mol. The van der Waals surface area contributed by atoms with Gasteiger partial charge in [0, 0.05) is 24.1 Å². The van der Waals surface area contributed by atoms with E-state index in [1.807, 2.05) is 38.1 Å². The maximum Gasteiger partial charge on any atom is 0.287 e. The standard InChI is InChI=1S/C24H24FN3O2/c1-15-6-8-17(9-7-15)14-26-24(29)23-16(2)22-20(4-3-5-21(22)30-23)28-27-19-12-10-18(25)11-13-19/h6-13,27H,3-5,14H2,1-2H3,(H,26,29)/b28-20+. The van der Waals surface area contributed by atoms with Crippen molar-refractivity contribution in [3.8, 4) is 0 Å². The number of rotatable bonds is 5. The van der Waals surface area contributed by atoms with E-state index in [0.717, 1.165) is 47.4 Å². The van der Waals surface area contributed by atoms with Crippen LogP contribution in [0.25, 0.3) is 0 Å². The Labute approximate surface area is 175 Å². The van der Waals surface area contributed by atoms with E-state index in [4.69, 9.17) is 4.42 Å². The summed E-state index contributed by atoms with van der Waals surface area (Å²) in [6.07, 6.45) is 2.46. The Bertz CT molecular complexity index is 1080. The zero-order chi connectivity index (χ0) is 21.1. The summed E-state index contributed by atoms with van der Waals surface area (Å²) in [6, 6.07) is 14.1. The highest BCUT2D eigenvalue weighted by atomic mass is 19.1. The molecule has 0 unspecified atom stereocenters. The molecule has 1 aliphatic rings. The maximum absolute atomic E-state index is 13.1. The van der Waals surface area contributed by atoms with E-state index in [2.05, 4.69) is 15.8 Å². The number of benzene rings is 2. The molecule has 0 saturated carbocycles. The number of hydrogen-bond acceptors (Lipinski definition) is 4. The van der Waals surface area contributed by atoms with Crippen LogP contribution in [0.3, 0.4) is 0 Å². The molecular formula is C24H24FN3O2. The number of nitrogens with one attached hydrogen (secondary N) is 2. The number of nitrogens with zero attached hydrogens (tertiary/aromatic N) is 1. The monoisotopic (exact) mass is 405 g/mol. The molecule has 0 saturated heterocycles. The molecule has 3 aromatic rings. The first-order valence-corrected chi connectivity index (χ1v) is 10.1. The van der Waals surface area contributed by atoms with Crippen molar-refractivity contribution in [3.05, 3.63) is 88.1 Å². The van der Waals surface area contributed by atoms with Gasteiger partial charge in [0.15, 0.2) is 5.76 Å². The predicted octanol–water partition coefficient (Wildman–Crippen LogP) is 5.12. The fourth-order valence-corrected chi connectivity index (χ4v) is 3.62. The quantitative estimate of drug-likeness (QED) is 0.579. The molecule has 0 radical (unpaired) electrons. The van der Waals surface area contributed by atoms with E-state index in [-0.39, 0.29) is 11.7 Å². The minimum Gasteiger partial charge on any atom is -0.455 e. The number of hydrogen-bond donors (Lipinski definition) is 2. The Hall–Kier alpha value is -3.41. The van der Waals surface area contributed by atoms with Crippen molar-refractivity contribution < 1.29 is 13.6 Å². The smallest absolute Gasteiger partial charge is 0.287 e. The summed E-state index contributed by atoms with van der Waals surface area (Å²) >= 11 is 0. The van der Waals surface area contributed by atoms with Gasteiger partial charge in [-0.3, -0.25) is 10.2 Å². The first kappa shape index (κ1) is 19.9. The van der Waals surface area contributed by atoms with E-state index < -0.39 is 0 Å². The normalized spacial score (nSPS) is 14.4. The lowest BCUT2D eigenvalue weighted by Gasteiger charge is -2.13. The van der Waals surface area contributed by atoms with Crippen molar-refractivity contribution >= 4 is 17.3 Å². The van der Waals surface area contributed by atoms with Gasteiger partial charge in [-0.05, 0) is 56.5 Å². The molecule has 154 valence electrons. The third kappa shape index (κ3) is 4.27. The fourth-order valence-electron chi connectivity index (χ4n) is 3.62. The van der Waals surface area contributed by atoms with Crippen LogP contribution in [-0.2, 0) is 13.0 Å². The number of carbonyl (C=O) groups is 1. The molecule has 0 bridgehead atoms. The van der Waals surface area contributed by atoms with Crippen LogP contribution >= 0.6 is 0 Å². The molecule has 30 heavy (non-hydrogen) atoms. The van der Waals surface area contributed by atoms with Gasteiger partial charge in [-0.15, -0.1) is 0 Å². The SMILES string of the molecule is Cc1ccc(CNC(=O)c2oc3c(c2C)/C(=N/Nc2ccc(F)cc2)CCC3)cc1. The molecule has 0 aliphatic heterocycles. The van der Waals surface area contributed by atoms with Crippen molar-refractivity contribution in [3.63, 3.8) is 0 Å². The van der Waals surface area contributed by atoms with Crippen molar-refractivity contribution in [1.29, 1.82) is 0 Å². The molecule has 2 aromatic carbocycles. The Morgan fingerprint density at radius 1 is 1.07 bits per heavy atom. The molecule has 6 heteroatoms. The van der Waals surface area contributed by atoms with Gasteiger partial charge in [0.1, 0.15) is 11.6 Å². The van der Waals surface area contributed by atoms with Crippen LogP contribution < -0.4 is 10.7 Å². The van der Waals surface area contributed by atoms with Gasteiger partial charge in [0.05, 0.1) is 11.4 Å². The van der Waals surface area contributed by atoms with Gasteiger partial charge in [-0.2, -0.15) is 5.10 Å². The molecule has 2 N–H and O–H groups in total. The molecule has 1 amide bonds. The largest absolute Gasteiger partial charge is 0.455 e. The van der Waals surface area contributed by atoms with Gasteiger partial charge >= 0.3 is 0 Å². The average Bonchev–Trinajstić information content (AvgIpc) is 3.10. The third-order valence-electron chi connectivity index (χ3n) is 5.27. The van der Waals surface area contributed by atoms with Crippen LogP contribution in [0.5, 0.6) is 0 Å². The van der Waals surface area contributed by atoms with Crippen LogP contribution in [-0.4, -0.2) is 11.6 Å². The van der Waals surface area contributed by atoms with Crippen LogP contribution in [0.15, 0.2) is 58.0 Å². The van der Waals surface area contributed by atoms with Gasteiger partial charge in [-0.1, -0.05) is 29.8 Å². The first-order chi connectivity index (χ1) is 14.5. The summed E-state index contributed by atoms with van der Waals surface area (Å²) in [6.45, 7) is 4.36. The van der Waals surface area contributed by atoms with Gasteiger partial charge in [-0.25, -0.2) is 4.39 Å². The Kier molecular flexibility index (Phi) is 5.65. The molecule has 1 aliphatic carbocycles. The zero-order valence-corrected chi connectivity index (χ0v) is 17.1. The number of fused-ring (bicyclic) bond motifs is 1. The average molecular weight is 405 g/mol. The number of furan rings is 1. The van der Waals surface area contributed by atoms with Crippen molar-refractivity contribution in [2.75, 3.05) is 5.43 Å². The topological polar surface area (TPSA) is 66.6 Å². The summed E-state index contributed by atoms with van der Waals surface area (Å²) < 4.78 is 19.0. The number of halogens is 1. The number of carbonyl (C=O) groups excluding carboxylic acids is 1. The minimum atomic E-state index is -0.292. The number of hydrazone groups is 1. The van der Waals surface area contributed by atoms with Gasteiger partial charge in [0.2, 0.25) is 0 Å². The summed E-state index contributed by atoms with van der Waals surface area (Å²) in [5, 5.41) is 7.45. The van der Waals surface area contributed by atoms with Gasteiger partial charge in [0.25, 0.3) is 5.91 Å². The highest BCUT2D eigenvalue weighted by Crippen LogP contribution is 2.30. The molecular weight excluding hydrogens is 381 g/mol. The van der Waals surface area contributed by atoms with Crippen molar-refractivity contribution in [1.82, 2.24) is 5.32 Å². The highest BCUT2D eigenvalue weighted by Gasteiger charge is 2.27. The third-order valence-corrected chi connectivity index (χ3v) is 5.27. The van der Waals surface area contributed by atoms with E-state index in [9.17, 15) is 9.18 Å². The lowest BCUT2D eigenvalue weighted by molar-refractivity contribution is 0.0920. The van der Waals surface area contributed by atoms with E-state index in [1.54, 1.807) is 12.1 Å². The fraction of sp³-hybridized carbons (Fsp3) is 0.250. The maximum atomic E-state index is 13.1. The molecule has 1 aromatic heterocycles. The van der Waals surface area contributed by atoms with Crippen LogP contribution in [0.4, 0.5) is 10.1 Å². The number of amides is 1. The Morgan fingerprint density at radius 3 is 2.53 bits per heavy atom. The minimum absolute atomic E-state index is 0.228. The second-order valence-corrected chi connectivity index (χ2v) is 7.55. The molecule has 0 fully saturated rings. The lowest BCUT2D eigenvalue weighted by Crippen LogP contribution is -2.23. The van der Waals surface area contributed by atoms with E-state index in [1.165, 1.54) is 17.7 Å². The Morgan fingerprint density at radius 2 is 1.80 bits per heavy atom. The zero-order valence-electron chi connectivity index (χ0n) is 17.1. The van der Waals surface area contributed by atoms with E-state index in [0.29, 0.717) is 18.0 Å². The summed E-state index contributed by atoms with van der Waals surface area (Å²) in [5.41, 5.74) is 8.44. The molecule has 0 spiro atoms. The number of anilines is 1. The summed E-state index contributed by atoms with van der Waals surface area (Å²) in [7, 11) is 0. The second-order valence-electron chi connectivity index (χ2n) is 7.55. The van der Waals surface area contributed by atoms with E-state index >= 15 is 0 Å². The van der Waals surface area contributed by atoms with Gasteiger partial charge < -0.3 is 9.73 Å². The highest BCUT2D eigenvalue weighted by molar-refractivity contribution is 6.06. The molecule has 0 atom stereocenters. The van der Waals surface area contributed by atoms with Crippen molar-refractivity contribution in [2.24, 2.45) is 5.10 Å². The summed E-state index contributed by atoms with van der Waals surface area (Å²) in [4.78, 5) is 12.7. The van der Waals surface area contributed by atoms with Crippen LogP contribution in [0.2, 0.25) is 0 Å².